The lowest BCUT2D eigenvalue weighted by Crippen LogP contribution is -2.45. The van der Waals surface area contributed by atoms with Crippen LogP contribution in [0.5, 0.6) is 5.75 Å². The summed E-state index contributed by atoms with van der Waals surface area (Å²) in [6.45, 7) is 7.20. The Labute approximate surface area is 171 Å². The van der Waals surface area contributed by atoms with Crippen molar-refractivity contribution in [1.29, 1.82) is 0 Å². The Hall–Kier alpha value is -2.25. The number of sulfonamides is 1. The van der Waals surface area contributed by atoms with E-state index < -0.39 is 22.0 Å². The molecular formula is C20H25ClN2O4S. The summed E-state index contributed by atoms with van der Waals surface area (Å²) >= 11 is 6.14. The molecule has 152 valence electrons. The highest BCUT2D eigenvalue weighted by Crippen LogP contribution is 2.27. The second kappa shape index (κ2) is 8.84. The van der Waals surface area contributed by atoms with Crippen molar-refractivity contribution in [2.24, 2.45) is 0 Å². The first kappa shape index (κ1) is 22.0. The van der Waals surface area contributed by atoms with E-state index in [-0.39, 0.29) is 6.10 Å². The topological polar surface area (TPSA) is 75.7 Å². The SMILES string of the molecule is Cc1ccc(N([C@@H](C)C(=O)Nc2ccc(OC(C)C)cc2)S(C)(=O)=O)cc1Cl. The zero-order valence-corrected chi connectivity index (χ0v) is 18.1. The van der Waals surface area contributed by atoms with Crippen molar-refractivity contribution in [2.45, 2.75) is 39.8 Å². The molecule has 1 N–H and O–H groups in total. The van der Waals surface area contributed by atoms with Crippen molar-refractivity contribution in [3.05, 3.63) is 53.1 Å². The van der Waals surface area contributed by atoms with E-state index in [1.807, 2.05) is 20.8 Å². The van der Waals surface area contributed by atoms with E-state index in [0.29, 0.717) is 22.1 Å². The summed E-state index contributed by atoms with van der Waals surface area (Å²) in [5, 5.41) is 3.17. The van der Waals surface area contributed by atoms with Crippen molar-refractivity contribution in [3.63, 3.8) is 0 Å². The fraction of sp³-hybridized carbons (Fsp3) is 0.350. The molecule has 0 aliphatic heterocycles. The van der Waals surface area contributed by atoms with Crippen LogP contribution in [0.25, 0.3) is 0 Å². The number of hydrogen-bond donors (Lipinski definition) is 1. The van der Waals surface area contributed by atoms with Gasteiger partial charge in [-0.3, -0.25) is 9.10 Å². The third-order valence-electron chi connectivity index (χ3n) is 3.99. The Balaban J connectivity index is 2.23. The summed E-state index contributed by atoms with van der Waals surface area (Å²) in [6.07, 6.45) is 1.10. The van der Waals surface area contributed by atoms with Gasteiger partial charge in [0.15, 0.2) is 0 Å². The molecule has 0 spiro atoms. The number of amides is 1. The van der Waals surface area contributed by atoms with Gasteiger partial charge in [-0.1, -0.05) is 17.7 Å². The number of rotatable bonds is 7. The van der Waals surface area contributed by atoms with Crippen molar-refractivity contribution in [3.8, 4) is 5.75 Å². The van der Waals surface area contributed by atoms with Crippen LogP contribution < -0.4 is 14.4 Å². The monoisotopic (exact) mass is 424 g/mol. The molecule has 0 bridgehead atoms. The smallest absolute Gasteiger partial charge is 0.247 e. The Kier molecular flexibility index (Phi) is 6.96. The molecule has 0 aromatic heterocycles. The van der Waals surface area contributed by atoms with Crippen LogP contribution in [-0.2, 0) is 14.8 Å². The lowest BCUT2D eigenvalue weighted by molar-refractivity contribution is -0.116. The summed E-state index contributed by atoms with van der Waals surface area (Å²) in [5.74, 6) is 0.229. The average molecular weight is 425 g/mol. The first-order valence-corrected chi connectivity index (χ1v) is 11.0. The van der Waals surface area contributed by atoms with Crippen molar-refractivity contribution >= 4 is 38.9 Å². The number of aryl methyl sites for hydroxylation is 1. The van der Waals surface area contributed by atoms with Crippen molar-refractivity contribution in [2.75, 3.05) is 15.9 Å². The molecule has 0 radical (unpaired) electrons. The molecule has 0 fully saturated rings. The van der Waals surface area contributed by atoms with Crippen LogP contribution in [0.1, 0.15) is 26.3 Å². The van der Waals surface area contributed by atoms with Gasteiger partial charge < -0.3 is 10.1 Å². The lowest BCUT2D eigenvalue weighted by atomic mass is 10.2. The average Bonchev–Trinajstić information content (AvgIpc) is 2.58. The molecule has 6 nitrogen and oxygen atoms in total. The maximum atomic E-state index is 12.7. The maximum absolute atomic E-state index is 12.7. The standard InChI is InChI=1S/C20H25ClN2O4S/c1-13(2)27-18-10-7-16(8-11-18)22-20(24)15(4)23(28(5,25)26)17-9-6-14(3)19(21)12-17/h6-13,15H,1-5H3,(H,22,24)/t15-/m0/s1. The predicted octanol–water partition coefficient (Wildman–Crippen LogP) is 4.23. The molecule has 1 atom stereocenters. The van der Waals surface area contributed by atoms with E-state index in [2.05, 4.69) is 5.32 Å². The Bertz CT molecular complexity index is 943. The molecule has 0 saturated heterocycles. The zero-order valence-electron chi connectivity index (χ0n) is 16.6. The number of halogens is 1. The summed E-state index contributed by atoms with van der Waals surface area (Å²) in [5.41, 5.74) is 1.70. The van der Waals surface area contributed by atoms with Crippen LogP contribution in [0.15, 0.2) is 42.5 Å². The van der Waals surface area contributed by atoms with Crippen LogP contribution >= 0.6 is 11.6 Å². The molecule has 28 heavy (non-hydrogen) atoms. The van der Waals surface area contributed by atoms with Crippen LogP contribution in [0.2, 0.25) is 5.02 Å². The van der Waals surface area contributed by atoms with E-state index in [4.69, 9.17) is 16.3 Å². The highest BCUT2D eigenvalue weighted by atomic mass is 35.5. The molecule has 2 aromatic rings. The summed E-state index contributed by atoms with van der Waals surface area (Å²) in [7, 11) is -3.71. The fourth-order valence-corrected chi connectivity index (χ4v) is 4.00. The molecule has 1 amide bonds. The molecule has 2 aromatic carbocycles. The highest BCUT2D eigenvalue weighted by Gasteiger charge is 2.29. The van der Waals surface area contributed by atoms with Gasteiger partial charge in [0.05, 0.1) is 18.0 Å². The second-order valence-corrected chi connectivity index (χ2v) is 9.12. The quantitative estimate of drug-likeness (QED) is 0.721. The minimum atomic E-state index is -3.71. The van der Waals surface area contributed by atoms with E-state index in [1.165, 1.54) is 6.92 Å². The van der Waals surface area contributed by atoms with E-state index in [1.54, 1.807) is 42.5 Å². The van der Waals surface area contributed by atoms with Crippen molar-refractivity contribution < 1.29 is 17.9 Å². The molecular weight excluding hydrogens is 400 g/mol. The van der Waals surface area contributed by atoms with Gasteiger partial charge in [-0.15, -0.1) is 0 Å². The number of ether oxygens (including phenoxy) is 1. The zero-order chi connectivity index (χ0) is 21.1. The molecule has 0 aliphatic carbocycles. The minimum Gasteiger partial charge on any atom is -0.491 e. The third-order valence-corrected chi connectivity index (χ3v) is 5.64. The number of nitrogens with one attached hydrogen (secondary N) is 1. The Morgan fingerprint density at radius 3 is 2.21 bits per heavy atom. The molecule has 0 heterocycles. The number of hydrogen-bond acceptors (Lipinski definition) is 4. The number of carbonyl (C=O) groups excluding carboxylic acids is 1. The largest absolute Gasteiger partial charge is 0.491 e. The van der Waals surface area contributed by atoms with Gasteiger partial charge in [-0.25, -0.2) is 8.42 Å². The summed E-state index contributed by atoms with van der Waals surface area (Å²) in [6, 6.07) is 10.8. The van der Waals surface area contributed by atoms with E-state index in [9.17, 15) is 13.2 Å². The Morgan fingerprint density at radius 2 is 1.71 bits per heavy atom. The van der Waals surface area contributed by atoms with Crippen LogP contribution in [-0.4, -0.2) is 32.7 Å². The number of nitrogens with zero attached hydrogens (tertiary/aromatic N) is 1. The molecule has 0 unspecified atom stereocenters. The van der Waals surface area contributed by atoms with Gasteiger partial charge in [-0.2, -0.15) is 0 Å². The van der Waals surface area contributed by atoms with Gasteiger partial charge >= 0.3 is 0 Å². The van der Waals surface area contributed by atoms with E-state index >= 15 is 0 Å². The fourth-order valence-electron chi connectivity index (χ4n) is 2.66. The molecule has 8 heteroatoms. The Morgan fingerprint density at radius 1 is 1.11 bits per heavy atom. The van der Waals surface area contributed by atoms with Gasteiger partial charge in [0, 0.05) is 10.7 Å². The lowest BCUT2D eigenvalue weighted by Gasteiger charge is -2.28. The van der Waals surface area contributed by atoms with Gasteiger partial charge in [0.2, 0.25) is 15.9 Å². The predicted molar refractivity (Wildman–Crippen MR) is 114 cm³/mol. The number of carbonyl (C=O) groups is 1. The third kappa shape index (κ3) is 5.62. The van der Waals surface area contributed by atoms with Crippen LogP contribution in [0, 0.1) is 6.92 Å². The minimum absolute atomic E-state index is 0.0464. The van der Waals surface area contributed by atoms with Gasteiger partial charge in [0.1, 0.15) is 11.8 Å². The van der Waals surface area contributed by atoms with Crippen molar-refractivity contribution in [1.82, 2.24) is 0 Å². The first-order valence-electron chi connectivity index (χ1n) is 8.82. The molecule has 2 rings (SSSR count). The summed E-state index contributed by atoms with van der Waals surface area (Å²) < 4.78 is 31.4. The highest BCUT2D eigenvalue weighted by molar-refractivity contribution is 7.92. The first-order chi connectivity index (χ1) is 13.0. The van der Waals surface area contributed by atoms with Gasteiger partial charge in [0.25, 0.3) is 0 Å². The second-order valence-electron chi connectivity index (χ2n) is 6.85. The molecule has 0 saturated carbocycles. The van der Waals surface area contributed by atoms with E-state index in [0.717, 1.165) is 16.1 Å². The van der Waals surface area contributed by atoms with Crippen LogP contribution in [0.3, 0.4) is 0 Å². The number of anilines is 2. The normalized spacial score (nSPS) is 12.5. The summed E-state index contributed by atoms with van der Waals surface area (Å²) in [4.78, 5) is 12.7. The molecule has 0 aliphatic rings. The maximum Gasteiger partial charge on any atom is 0.247 e. The van der Waals surface area contributed by atoms with Gasteiger partial charge in [-0.05, 0) is 69.7 Å². The van der Waals surface area contributed by atoms with Crippen LogP contribution in [0.4, 0.5) is 11.4 Å². The number of benzene rings is 2.